The number of aromatic nitrogens is 2. The van der Waals surface area contributed by atoms with E-state index >= 15 is 0 Å². The van der Waals surface area contributed by atoms with Crippen LogP contribution in [0.1, 0.15) is 43.8 Å². The van der Waals surface area contributed by atoms with Crippen molar-refractivity contribution >= 4 is 0 Å². The Morgan fingerprint density at radius 3 is 2.80 bits per heavy atom. The third kappa shape index (κ3) is 2.56. The molecule has 2 heterocycles. The maximum Gasteiger partial charge on any atom is 0.229 e. The molecule has 1 aliphatic rings. The molecule has 4 nitrogen and oxygen atoms in total. The SMILES string of the molecule is CCCc1noc(C2CCN(C)CC2)n1. The van der Waals surface area contributed by atoms with Gasteiger partial charge in [0.15, 0.2) is 5.82 Å². The van der Waals surface area contributed by atoms with E-state index in [1.807, 2.05) is 0 Å². The molecule has 1 saturated heterocycles. The zero-order valence-electron chi connectivity index (χ0n) is 9.57. The van der Waals surface area contributed by atoms with Crippen molar-refractivity contribution in [2.24, 2.45) is 0 Å². The number of piperidine rings is 1. The molecule has 0 amide bonds. The number of nitrogens with zero attached hydrogens (tertiary/aromatic N) is 3. The van der Waals surface area contributed by atoms with Gasteiger partial charge in [0.05, 0.1) is 0 Å². The third-order valence-electron chi connectivity index (χ3n) is 3.03. The Bertz CT molecular complexity index is 303. The smallest absolute Gasteiger partial charge is 0.229 e. The molecule has 1 fully saturated rings. The highest BCUT2D eigenvalue weighted by Gasteiger charge is 2.23. The van der Waals surface area contributed by atoms with Crippen LogP contribution in [-0.4, -0.2) is 35.2 Å². The Morgan fingerprint density at radius 1 is 1.40 bits per heavy atom. The Morgan fingerprint density at radius 2 is 2.13 bits per heavy atom. The van der Waals surface area contributed by atoms with Crippen molar-refractivity contribution < 1.29 is 4.52 Å². The first-order valence-electron chi connectivity index (χ1n) is 5.80. The molecule has 0 bridgehead atoms. The summed E-state index contributed by atoms with van der Waals surface area (Å²) in [7, 11) is 2.16. The van der Waals surface area contributed by atoms with Crippen molar-refractivity contribution in [3.05, 3.63) is 11.7 Å². The largest absolute Gasteiger partial charge is 0.339 e. The maximum atomic E-state index is 5.31. The van der Waals surface area contributed by atoms with E-state index in [1.54, 1.807) is 0 Å². The second kappa shape index (κ2) is 4.75. The van der Waals surface area contributed by atoms with Crippen molar-refractivity contribution in [1.82, 2.24) is 15.0 Å². The first-order valence-corrected chi connectivity index (χ1v) is 5.80. The average molecular weight is 209 g/mol. The van der Waals surface area contributed by atoms with Gasteiger partial charge in [-0.2, -0.15) is 4.98 Å². The lowest BCUT2D eigenvalue weighted by Crippen LogP contribution is -2.29. The lowest BCUT2D eigenvalue weighted by molar-refractivity contribution is 0.227. The van der Waals surface area contributed by atoms with Crippen LogP contribution in [0.2, 0.25) is 0 Å². The fraction of sp³-hybridized carbons (Fsp3) is 0.818. The standard InChI is InChI=1S/C11H19N3O/c1-3-4-10-12-11(15-13-10)9-5-7-14(2)8-6-9/h9H,3-8H2,1-2H3. The second-order valence-electron chi connectivity index (χ2n) is 4.38. The molecule has 1 aromatic rings. The number of aryl methyl sites for hydroxylation is 1. The van der Waals surface area contributed by atoms with Crippen LogP contribution in [0.3, 0.4) is 0 Å². The normalized spacial score (nSPS) is 19.6. The Labute approximate surface area is 90.7 Å². The van der Waals surface area contributed by atoms with E-state index in [0.29, 0.717) is 5.92 Å². The van der Waals surface area contributed by atoms with E-state index in [2.05, 4.69) is 29.0 Å². The van der Waals surface area contributed by atoms with Crippen molar-refractivity contribution in [3.63, 3.8) is 0 Å². The highest BCUT2D eigenvalue weighted by molar-refractivity contribution is 4.96. The minimum atomic E-state index is 0.485. The number of hydrogen-bond acceptors (Lipinski definition) is 4. The third-order valence-corrected chi connectivity index (χ3v) is 3.03. The van der Waals surface area contributed by atoms with Gasteiger partial charge in [-0.3, -0.25) is 0 Å². The molecule has 1 aliphatic heterocycles. The summed E-state index contributed by atoms with van der Waals surface area (Å²) < 4.78 is 5.31. The predicted octanol–water partition coefficient (Wildman–Crippen LogP) is 1.83. The first kappa shape index (κ1) is 10.6. The topological polar surface area (TPSA) is 42.2 Å². The van der Waals surface area contributed by atoms with Crippen molar-refractivity contribution in [2.45, 2.75) is 38.5 Å². The lowest BCUT2D eigenvalue weighted by atomic mass is 9.97. The van der Waals surface area contributed by atoms with E-state index in [4.69, 9.17) is 4.52 Å². The fourth-order valence-electron chi connectivity index (χ4n) is 2.01. The van der Waals surface area contributed by atoms with Crippen LogP contribution in [-0.2, 0) is 6.42 Å². The number of rotatable bonds is 3. The number of hydrogen-bond donors (Lipinski definition) is 0. The Kier molecular flexibility index (Phi) is 3.36. The summed E-state index contributed by atoms with van der Waals surface area (Å²) in [6.07, 6.45) is 4.29. The van der Waals surface area contributed by atoms with Crippen LogP contribution in [0.25, 0.3) is 0 Å². The van der Waals surface area contributed by atoms with Crippen molar-refractivity contribution in [2.75, 3.05) is 20.1 Å². The van der Waals surface area contributed by atoms with Gasteiger partial charge >= 0.3 is 0 Å². The van der Waals surface area contributed by atoms with Gasteiger partial charge in [-0.05, 0) is 39.4 Å². The zero-order valence-corrected chi connectivity index (χ0v) is 9.57. The zero-order chi connectivity index (χ0) is 10.7. The molecular weight excluding hydrogens is 190 g/mol. The van der Waals surface area contributed by atoms with Gasteiger partial charge in [-0.25, -0.2) is 0 Å². The summed E-state index contributed by atoms with van der Waals surface area (Å²) in [5.74, 6) is 2.21. The molecule has 0 radical (unpaired) electrons. The van der Waals surface area contributed by atoms with E-state index in [0.717, 1.165) is 50.5 Å². The van der Waals surface area contributed by atoms with Crippen molar-refractivity contribution in [3.8, 4) is 0 Å². The molecule has 2 rings (SSSR count). The van der Waals surface area contributed by atoms with Crippen LogP contribution >= 0.6 is 0 Å². The molecule has 0 saturated carbocycles. The van der Waals surface area contributed by atoms with Crippen LogP contribution < -0.4 is 0 Å². The molecule has 4 heteroatoms. The van der Waals surface area contributed by atoms with Crippen LogP contribution in [0.4, 0.5) is 0 Å². The van der Waals surface area contributed by atoms with Crippen LogP contribution in [0, 0.1) is 0 Å². The Balaban J connectivity index is 1.96. The number of likely N-dealkylation sites (tertiary alicyclic amines) is 1. The van der Waals surface area contributed by atoms with Gasteiger partial charge in [0, 0.05) is 12.3 Å². The fourth-order valence-corrected chi connectivity index (χ4v) is 2.01. The quantitative estimate of drug-likeness (QED) is 0.761. The molecule has 1 aromatic heterocycles. The van der Waals surface area contributed by atoms with Gasteiger partial charge in [-0.15, -0.1) is 0 Å². The predicted molar refractivity (Wildman–Crippen MR) is 57.8 cm³/mol. The van der Waals surface area contributed by atoms with E-state index in [9.17, 15) is 0 Å². The molecule has 84 valence electrons. The molecule has 0 spiro atoms. The van der Waals surface area contributed by atoms with Gasteiger partial charge < -0.3 is 9.42 Å². The summed E-state index contributed by atoms with van der Waals surface area (Å²) in [6.45, 7) is 4.40. The van der Waals surface area contributed by atoms with Crippen LogP contribution in [0.15, 0.2) is 4.52 Å². The highest BCUT2D eigenvalue weighted by Crippen LogP contribution is 2.25. The van der Waals surface area contributed by atoms with Gasteiger partial charge in [-0.1, -0.05) is 12.1 Å². The minimum Gasteiger partial charge on any atom is -0.339 e. The molecule has 0 N–H and O–H groups in total. The molecule has 15 heavy (non-hydrogen) atoms. The Hall–Kier alpha value is -0.900. The summed E-state index contributed by atoms with van der Waals surface area (Å²) in [4.78, 5) is 6.80. The molecule has 0 aromatic carbocycles. The van der Waals surface area contributed by atoms with Gasteiger partial charge in [0.1, 0.15) is 0 Å². The van der Waals surface area contributed by atoms with Crippen LogP contribution in [0.5, 0.6) is 0 Å². The molecule has 0 unspecified atom stereocenters. The minimum absolute atomic E-state index is 0.485. The molecule has 0 atom stereocenters. The summed E-state index contributed by atoms with van der Waals surface area (Å²) >= 11 is 0. The second-order valence-corrected chi connectivity index (χ2v) is 4.38. The van der Waals surface area contributed by atoms with Gasteiger partial charge in [0.2, 0.25) is 5.89 Å². The highest BCUT2D eigenvalue weighted by atomic mass is 16.5. The summed E-state index contributed by atoms with van der Waals surface area (Å²) in [5, 5.41) is 4.00. The summed E-state index contributed by atoms with van der Waals surface area (Å²) in [6, 6.07) is 0. The monoisotopic (exact) mass is 209 g/mol. The van der Waals surface area contributed by atoms with Gasteiger partial charge in [0.25, 0.3) is 0 Å². The summed E-state index contributed by atoms with van der Waals surface area (Å²) in [5.41, 5.74) is 0. The maximum absolute atomic E-state index is 5.31. The van der Waals surface area contributed by atoms with E-state index in [1.165, 1.54) is 0 Å². The molecule has 0 aliphatic carbocycles. The first-order chi connectivity index (χ1) is 7.29. The molecular formula is C11H19N3O. The van der Waals surface area contributed by atoms with E-state index < -0.39 is 0 Å². The lowest BCUT2D eigenvalue weighted by Gasteiger charge is -2.26. The average Bonchev–Trinajstić information content (AvgIpc) is 2.68. The van der Waals surface area contributed by atoms with Crippen molar-refractivity contribution in [1.29, 1.82) is 0 Å². The van der Waals surface area contributed by atoms with E-state index in [-0.39, 0.29) is 0 Å².